The zero-order valence-corrected chi connectivity index (χ0v) is 25.1. The quantitative estimate of drug-likeness (QED) is 0.0383. The number of rotatable bonds is 21. The van der Waals surface area contributed by atoms with Crippen molar-refractivity contribution in [1.29, 1.82) is 0 Å². The molecule has 240 valence electrons. The number of nitrogens with zero attached hydrogens (tertiary/aromatic N) is 1. The van der Waals surface area contributed by atoms with Crippen LogP contribution in [0.25, 0.3) is 0 Å². The van der Waals surface area contributed by atoms with Crippen molar-refractivity contribution >= 4 is 30.0 Å². The van der Waals surface area contributed by atoms with Gasteiger partial charge >= 0.3 is 0 Å². The Morgan fingerprint density at radius 2 is 1.56 bits per heavy atom. The van der Waals surface area contributed by atoms with Crippen LogP contribution < -0.4 is 44.6 Å². The highest BCUT2D eigenvalue weighted by atomic mass is 16.2. The minimum Gasteiger partial charge on any atom is -0.370 e. The molecule has 13 N–H and O–H groups in total. The molecule has 13 heteroatoms. The van der Waals surface area contributed by atoms with Crippen molar-refractivity contribution in [3.05, 3.63) is 35.9 Å². The van der Waals surface area contributed by atoms with Crippen molar-refractivity contribution in [2.45, 2.75) is 94.3 Å². The normalized spacial score (nSPS) is 16.8. The number of nitrogens with two attached hydrogens (primary N) is 5. The smallest absolute Gasteiger partial charge is 0.243 e. The van der Waals surface area contributed by atoms with Gasteiger partial charge in [-0.25, -0.2) is 0 Å². The fraction of sp³-hybridized carbons (Fsp3) is 0.633. The van der Waals surface area contributed by atoms with E-state index in [-0.39, 0.29) is 24.8 Å². The van der Waals surface area contributed by atoms with Crippen LogP contribution >= 0.6 is 0 Å². The molecule has 0 spiro atoms. The second-order valence-electron chi connectivity index (χ2n) is 11.6. The van der Waals surface area contributed by atoms with Crippen molar-refractivity contribution < 1.29 is 19.2 Å². The first kappa shape index (κ1) is 35.6. The number of primary amides is 1. The maximum atomic E-state index is 13.7. The molecule has 0 bridgehead atoms. The van der Waals surface area contributed by atoms with Gasteiger partial charge in [-0.2, -0.15) is 0 Å². The van der Waals surface area contributed by atoms with Crippen LogP contribution in [0.4, 0.5) is 0 Å². The standard InChI is InChI=1S/C30H51N9O4/c31-15-7-6-13-23(26(32)41)38-28(43)25(17-21-9-4-5-10-21)39-27(42)24(14-8-16-36-29(33)34)37-19-30(35,20-40)18-22-11-2-1-3-12-22/h1-3,11-12,20-21,23-25,37H,4-10,13-19,31,35H2,(H2,32,41)(H,38,43)(H,39,42)(H4,33,34,36)/t23-,24+,25-,30+/m0/s1. The first-order chi connectivity index (χ1) is 20.6. The molecule has 43 heavy (non-hydrogen) atoms. The highest BCUT2D eigenvalue weighted by Gasteiger charge is 2.32. The van der Waals surface area contributed by atoms with Gasteiger partial charge in [-0.1, -0.05) is 56.0 Å². The molecule has 1 aromatic carbocycles. The molecule has 0 heterocycles. The Morgan fingerprint density at radius 3 is 2.16 bits per heavy atom. The molecule has 4 atom stereocenters. The number of unbranched alkanes of at least 4 members (excludes halogenated alkanes) is 1. The third-order valence-corrected chi connectivity index (χ3v) is 7.83. The van der Waals surface area contributed by atoms with Gasteiger partial charge in [-0.3, -0.25) is 19.4 Å². The van der Waals surface area contributed by atoms with Crippen molar-refractivity contribution in [2.24, 2.45) is 39.6 Å². The lowest BCUT2D eigenvalue weighted by molar-refractivity contribution is -0.132. The summed E-state index contributed by atoms with van der Waals surface area (Å²) >= 11 is 0. The van der Waals surface area contributed by atoms with E-state index in [4.69, 9.17) is 28.7 Å². The topological polar surface area (TPSA) is 247 Å². The van der Waals surface area contributed by atoms with Gasteiger partial charge in [0, 0.05) is 13.1 Å². The SMILES string of the molecule is NCCCC[C@H](NC(=O)[C@H](CC1CCCC1)NC(=O)[C@@H](CCCN=C(N)N)NC[C@@](N)(C=O)Cc1ccccc1)C(N)=O. The average molecular weight is 602 g/mol. The maximum Gasteiger partial charge on any atom is 0.243 e. The van der Waals surface area contributed by atoms with Crippen LogP contribution in [0.1, 0.15) is 69.8 Å². The molecular formula is C30H51N9O4. The molecular weight excluding hydrogens is 550 g/mol. The monoisotopic (exact) mass is 601 g/mol. The third kappa shape index (κ3) is 13.5. The third-order valence-electron chi connectivity index (χ3n) is 7.83. The van der Waals surface area contributed by atoms with E-state index >= 15 is 0 Å². The predicted molar refractivity (Wildman–Crippen MR) is 167 cm³/mol. The number of amides is 3. The number of carbonyl (C=O) groups excluding carboxylic acids is 4. The van der Waals surface area contributed by atoms with Crippen LogP contribution in [0.3, 0.4) is 0 Å². The molecule has 0 aromatic heterocycles. The van der Waals surface area contributed by atoms with Crippen LogP contribution in [-0.2, 0) is 25.6 Å². The summed E-state index contributed by atoms with van der Waals surface area (Å²) in [5.41, 5.74) is 28.1. The van der Waals surface area contributed by atoms with Crippen LogP contribution in [0.5, 0.6) is 0 Å². The Kier molecular flexibility index (Phi) is 15.6. The number of hydrogen-bond donors (Lipinski definition) is 8. The van der Waals surface area contributed by atoms with E-state index < -0.39 is 41.4 Å². The number of carbonyl (C=O) groups is 4. The Bertz CT molecular complexity index is 1050. The fourth-order valence-electron chi connectivity index (χ4n) is 5.40. The number of aliphatic imine (C=N–C) groups is 1. The van der Waals surface area contributed by atoms with Gasteiger partial charge in [-0.05, 0) is 63.0 Å². The summed E-state index contributed by atoms with van der Waals surface area (Å²) in [6.07, 6.45) is 7.94. The van der Waals surface area contributed by atoms with Crippen LogP contribution in [-0.4, -0.2) is 73.3 Å². The van der Waals surface area contributed by atoms with Gasteiger partial charge in [0.2, 0.25) is 17.7 Å². The van der Waals surface area contributed by atoms with E-state index in [0.29, 0.717) is 57.9 Å². The molecule has 0 saturated heterocycles. The summed E-state index contributed by atoms with van der Waals surface area (Å²) < 4.78 is 0. The highest BCUT2D eigenvalue weighted by Crippen LogP contribution is 2.28. The first-order valence-corrected chi connectivity index (χ1v) is 15.2. The van der Waals surface area contributed by atoms with E-state index in [1.54, 1.807) is 0 Å². The molecule has 1 aromatic rings. The lowest BCUT2D eigenvalue weighted by atomic mass is 9.92. The highest BCUT2D eigenvalue weighted by molar-refractivity contribution is 5.92. The molecule has 2 rings (SSSR count). The van der Waals surface area contributed by atoms with Crippen LogP contribution in [0.2, 0.25) is 0 Å². The number of guanidine groups is 1. The maximum absolute atomic E-state index is 13.7. The summed E-state index contributed by atoms with van der Waals surface area (Å²) in [4.78, 5) is 55.2. The lowest BCUT2D eigenvalue weighted by Crippen LogP contribution is -2.59. The van der Waals surface area contributed by atoms with Crippen molar-refractivity contribution in [3.8, 4) is 0 Å². The molecule has 1 aliphatic rings. The first-order valence-electron chi connectivity index (χ1n) is 15.2. The van der Waals surface area contributed by atoms with Gasteiger partial charge in [0.05, 0.1) is 11.6 Å². The zero-order valence-electron chi connectivity index (χ0n) is 25.1. The van der Waals surface area contributed by atoms with E-state index in [1.165, 1.54) is 0 Å². The van der Waals surface area contributed by atoms with E-state index in [1.807, 2.05) is 30.3 Å². The number of hydrogen-bond acceptors (Lipinski definition) is 8. The summed E-state index contributed by atoms with van der Waals surface area (Å²) in [6, 6.07) is 6.85. The molecule has 1 aliphatic carbocycles. The van der Waals surface area contributed by atoms with Gasteiger partial charge in [0.15, 0.2) is 5.96 Å². The van der Waals surface area contributed by atoms with Gasteiger partial charge in [-0.15, -0.1) is 0 Å². The van der Waals surface area contributed by atoms with Crippen LogP contribution in [0.15, 0.2) is 35.3 Å². The minimum atomic E-state index is -1.27. The minimum absolute atomic E-state index is 0.0240. The fourth-order valence-corrected chi connectivity index (χ4v) is 5.40. The molecule has 1 saturated carbocycles. The average Bonchev–Trinajstić information content (AvgIpc) is 3.49. The predicted octanol–water partition coefficient (Wildman–Crippen LogP) is -0.698. The van der Waals surface area contributed by atoms with E-state index in [0.717, 1.165) is 31.2 Å². The number of aldehydes is 1. The molecule has 1 fully saturated rings. The molecule has 0 radical (unpaired) electrons. The zero-order chi connectivity index (χ0) is 31.7. The largest absolute Gasteiger partial charge is 0.370 e. The van der Waals surface area contributed by atoms with Crippen molar-refractivity contribution in [3.63, 3.8) is 0 Å². The molecule has 13 nitrogen and oxygen atoms in total. The summed E-state index contributed by atoms with van der Waals surface area (Å²) in [5.74, 6) is -1.30. The molecule has 0 aliphatic heterocycles. The Morgan fingerprint density at radius 1 is 0.930 bits per heavy atom. The molecule has 3 amide bonds. The number of benzene rings is 1. The summed E-state index contributed by atoms with van der Waals surface area (Å²) in [6.45, 7) is 0.793. The lowest BCUT2D eigenvalue weighted by Gasteiger charge is -2.29. The van der Waals surface area contributed by atoms with Gasteiger partial charge < -0.3 is 49.4 Å². The molecule has 0 unspecified atom stereocenters. The Hall–Kier alpha value is -3.55. The summed E-state index contributed by atoms with van der Waals surface area (Å²) in [5, 5.41) is 8.81. The van der Waals surface area contributed by atoms with Gasteiger partial charge in [0.25, 0.3) is 0 Å². The Labute approximate surface area is 254 Å². The second-order valence-corrected chi connectivity index (χ2v) is 11.6. The van der Waals surface area contributed by atoms with Crippen LogP contribution in [0, 0.1) is 5.92 Å². The van der Waals surface area contributed by atoms with Crippen molar-refractivity contribution in [2.75, 3.05) is 19.6 Å². The van der Waals surface area contributed by atoms with Gasteiger partial charge in [0.1, 0.15) is 18.4 Å². The van der Waals surface area contributed by atoms with Crippen molar-refractivity contribution in [1.82, 2.24) is 16.0 Å². The second kappa shape index (κ2) is 18.9. The van der Waals surface area contributed by atoms with E-state index in [2.05, 4.69) is 20.9 Å². The Balaban J connectivity index is 2.19. The number of nitrogens with one attached hydrogen (secondary N) is 3. The van der Waals surface area contributed by atoms with E-state index in [9.17, 15) is 19.2 Å². The summed E-state index contributed by atoms with van der Waals surface area (Å²) in [7, 11) is 0.